The maximum atomic E-state index is 12.4. The van der Waals surface area contributed by atoms with Crippen LogP contribution in [0.3, 0.4) is 0 Å². The number of likely N-dealkylation sites (tertiary alicyclic amines) is 1. The summed E-state index contributed by atoms with van der Waals surface area (Å²) in [5.41, 5.74) is 1.03. The minimum Gasteiger partial charge on any atom is -0.342 e. The molecule has 8 heteroatoms. The van der Waals surface area contributed by atoms with Crippen LogP contribution in [0.25, 0.3) is 0 Å². The van der Waals surface area contributed by atoms with Gasteiger partial charge < -0.3 is 15.5 Å². The number of aromatic nitrogens is 1. The number of aryl methyl sites for hydroxylation is 2. The lowest BCUT2D eigenvalue weighted by molar-refractivity contribution is -0.133. The van der Waals surface area contributed by atoms with Crippen LogP contribution in [-0.4, -0.2) is 47.2 Å². The summed E-state index contributed by atoms with van der Waals surface area (Å²) in [6, 6.07) is 7.31. The first-order valence-electron chi connectivity index (χ1n) is 9.28. The monoisotopic (exact) mass is 400 g/mol. The van der Waals surface area contributed by atoms with E-state index >= 15 is 0 Å². The molecule has 2 aromatic heterocycles. The predicted molar refractivity (Wildman–Crippen MR) is 108 cm³/mol. The van der Waals surface area contributed by atoms with Crippen LogP contribution in [0.2, 0.25) is 0 Å². The summed E-state index contributed by atoms with van der Waals surface area (Å²) in [6.07, 6.45) is 2.91. The van der Waals surface area contributed by atoms with Gasteiger partial charge in [-0.3, -0.25) is 14.4 Å². The van der Waals surface area contributed by atoms with Crippen molar-refractivity contribution in [3.63, 3.8) is 0 Å². The van der Waals surface area contributed by atoms with Crippen molar-refractivity contribution in [2.75, 3.05) is 25.0 Å². The zero-order chi connectivity index (χ0) is 20.1. The maximum absolute atomic E-state index is 12.4. The van der Waals surface area contributed by atoms with Crippen LogP contribution in [-0.2, 0) is 9.59 Å². The molecule has 0 atom stereocenters. The Labute approximate surface area is 168 Å². The van der Waals surface area contributed by atoms with Gasteiger partial charge >= 0.3 is 0 Å². The molecule has 28 heavy (non-hydrogen) atoms. The molecule has 1 saturated heterocycles. The number of piperidine rings is 1. The Morgan fingerprint density at radius 3 is 2.50 bits per heavy atom. The van der Waals surface area contributed by atoms with Gasteiger partial charge in [-0.05, 0) is 50.5 Å². The van der Waals surface area contributed by atoms with E-state index in [4.69, 9.17) is 0 Å². The van der Waals surface area contributed by atoms with E-state index in [-0.39, 0.29) is 30.2 Å². The fourth-order valence-corrected chi connectivity index (χ4v) is 3.86. The van der Waals surface area contributed by atoms with E-state index in [1.807, 2.05) is 26.0 Å². The molecule has 7 nitrogen and oxygen atoms in total. The summed E-state index contributed by atoms with van der Waals surface area (Å²) in [6.45, 7) is 4.86. The summed E-state index contributed by atoms with van der Waals surface area (Å²) < 4.78 is 0. The Morgan fingerprint density at radius 2 is 1.89 bits per heavy atom. The second-order valence-electron chi connectivity index (χ2n) is 6.96. The average Bonchev–Trinajstić information content (AvgIpc) is 3.14. The Hall–Kier alpha value is -2.74. The molecule has 2 N–H and O–H groups in total. The third kappa shape index (κ3) is 5.16. The van der Waals surface area contributed by atoms with E-state index in [0.29, 0.717) is 36.6 Å². The number of nitrogens with zero attached hydrogens (tertiary/aromatic N) is 2. The van der Waals surface area contributed by atoms with Gasteiger partial charge in [0.25, 0.3) is 5.91 Å². The van der Waals surface area contributed by atoms with Crippen molar-refractivity contribution in [2.45, 2.75) is 26.7 Å². The molecule has 148 valence electrons. The van der Waals surface area contributed by atoms with Crippen LogP contribution in [0.4, 0.5) is 5.82 Å². The maximum Gasteiger partial charge on any atom is 0.261 e. The second kappa shape index (κ2) is 8.97. The molecule has 1 fully saturated rings. The highest BCUT2D eigenvalue weighted by atomic mass is 32.1. The number of thiophene rings is 1. The van der Waals surface area contributed by atoms with Crippen molar-refractivity contribution in [1.82, 2.24) is 15.2 Å². The summed E-state index contributed by atoms with van der Waals surface area (Å²) >= 11 is 1.40. The standard InChI is InChI=1S/C20H24N4O3S/c1-13-3-6-17(21-11-13)23-19(26)15-7-9-24(10-8-15)18(25)12-22-20(27)16-5-4-14(2)28-16/h3-6,11,15H,7-10,12H2,1-2H3,(H,22,27)(H,21,23,26). The summed E-state index contributed by atoms with van der Waals surface area (Å²) in [5.74, 6) is -0.0201. The summed E-state index contributed by atoms with van der Waals surface area (Å²) in [4.78, 5) is 44.3. The lowest BCUT2D eigenvalue weighted by Gasteiger charge is -2.31. The van der Waals surface area contributed by atoms with Gasteiger partial charge in [0, 0.05) is 30.1 Å². The molecule has 0 bridgehead atoms. The second-order valence-corrected chi connectivity index (χ2v) is 8.25. The molecule has 1 aliphatic rings. The lowest BCUT2D eigenvalue weighted by atomic mass is 9.96. The Morgan fingerprint density at radius 1 is 1.14 bits per heavy atom. The highest BCUT2D eigenvalue weighted by Gasteiger charge is 2.27. The zero-order valence-corrected chi connectivity index (χ0v) is 16.8. The fourth-order valence-electron chi connectivity index (χ4n) is 3.07. The number of rotatable bonds is 5. The SMILES string of the molecule is Cc1ccc(NC(=O)C2CCN(C(=O)CNC(=O)c3ccc(C)s3)CC2)nc1. The Kier molecular flexibility index (Phi) is 6.41. The number of hydrogen-bond acceptors (Lipinski definition) is 5. The van der Waals surface area contributed by atoms with Crippen LogP contribution in [0.15, 0.2) is 30.5 Å². The molecular formula is C20H24N4O3S. The smallest absolute Gasteiger partial charge is 0.261 e. The van der Waals surface area contributed by atoms with Gasteiger partial charge in [-0.25, -0.2) is 4.98 Å². The van der Waals surface area contributed by atoms with E-state index in [0.717, 1.165) is 10.4 Å². The molecular weight excluding hydrogens is 376 g/mol. The number of anilines is 1. The molecule has 0 saturated carbocycles. The first-order valence-corrected chi connectivity index (χ1v) is 10.1. The quantitative estimate of drug-likeness (QED) is 0.806. The topological polar surface area (TPSA) is 91.4 Å². The van der Waals surface area contributed by atoms with Crippen LogP contribution in [0, 0.1) is 19.8 Å². The zero-order valence-electron chi connectivity index (χ0n) is 16.0. The normalized spacial score (nSPS) is 14.6. The Bertz CT molecular complexity index is 855. The van der Waals surface area contributed by atoms with Crippen molar-refractivity contribution in [1.29, 1.82) is 0 Å². The molecule has 0 aromatic carbocycles. The molecule has 0 spiro atoms. The minimum absolute atomic E-state index is 0.0278. The van der Waals surface area contributed by atoms with Crippen LogP contribution in [0.5, 0.6) is 0 Å². The van der Waals surface area contributed by atoms with E-state index in [2.05, 4.69) is 15.6 Å². The molecule has 3 rings (SSSR count). The van der Waals surface area contributed by atoms with Crippen molar-refractivity contribution in [2.24, 2.45) is 5.92 Å². The fraction of sp³-hybridized carbons (Fsp3) is 0.400. The number of carbonyl (C=O) groups is 3. The lowest BCUT2D eigenvalue weighted by Crippen LogP contribution is -2.45. The van der Waals surface area contributed by atoms with Crippen molar-refractivity contribution >= 4 is 34.9 Å². The van der Waals surface area contributed by atoms with Gasteiger partial charge in [0.1, 0.15) is 5.82 Å². The predicted octanol–water partition coefficient (Wildman–Crippen LogP) is 2.37. The van der Waals surface area contributed by atoms with Crippen LogP contribution in [0.1, 0.15) is 33.0 Å². The molecule has 0 radical (unpaired) electrons. The first kappa shape index (κ1) is 20.0. The van der Waals surface area contributed by atoms with Crippen molar-refractivity contribution in [3.05, 3.63) is 45.8 Å². The molecule has 0 aliphatic carbocycles. The Balaban J connectivity index is 1.42. The van der Waals surface area contributed by atoms with Gasteiger partial charge in [-0.15, -0.1) is 11.3 Å². The minimum atomic E-state index is -0.230. The van der Waals surface area contributed by atoms with Crippen LogP contribution >= 0.6 is 11.3 Å². The van der Waals surface area contributed by atoms with Crippen LogP contribution < -0.4 is 10.6 Å². The molecule has 2 aromatic rings. The molecule has 3 amide bonds. The number of amides is 3. The largest absolute Gasteiger partial charge is 0.342 e. The number of carbonyl (C=O) groups excluding carboxylic acids is 3. The number of pyridine rings is 1. The molecule has 0 unspecified atom stereocenters. The van der Waals surface area contributed by atoms with E-state index in [1.54, 1.807) is 23.2 Å². The molecule has 3 heterocycles. The van der Waals surface area contributed by atoms with Crippen molar-refractivity contribution < 1.29 is 14.4 Å². The van der Waals surface area contributed by atoms with Crippen molar-refractivity contribution in [3.8, 4) is 0 Å². The highest BCUT2D eigenvalue weighted by Crippen LogP contribution is 2.19. The summed E-state index contributed by atoms with van der Waals surface area (Å²) in [7, 11) is 0. The van der Waals surface area contributed by atoms with Gasteiger partial charge in [0.2, 0.25) is 11.8 Å². The van der Waals surface area contributed by atoms with E-state index in [9.17, 15) is 14.4 Å². The summed E-state index contributed by atoms with van der Waals surface area (Å²) in [5, 5.41) is 5.51. The third-order valence-electron chi connectivity index (χ3n) is 4.75. The first-order chi connectivity index (χ1) is 13.4. The van der Waals surface area contributed by atoms with E-state index < -0.39 is 0 Å². The third-order valence-corrected chi connectivity index (χ3v) is 5.74. The van der Waals surface area contributed by atoms with Gasteiger partial charge in [0.05, 0.1) is 11.4 Å². The molecule has 1 aliphatic heterocycles. The van der Waals surface area contributed by atoms with Gasteiger partial charge in [-0.2, -0.15) is 0 Å². The highest BCUT2D eigenvalue weighted by molar-refractivity contribution is 7.13. The number of nitrogens with one attached hydrogen (secondary N) is 2. The average molecular weight is 401 g/mol. The number of hydrogen-bond donors (Lipinski definition) is 2. The van der Waals surface area contributed by atoms with Gasteiger partial charge in [0.15, 0.2) is 0 Å². The van der Waals surface area contributed by atoms with E-state index in [1.165, 1.54) is 11.3 Å². The van der Waals surface area contributed by atoms with Gasteiger partial charge in [-0.1, -0.05) is 6.07 Å².